The second-order valence-electron chi connectivity index (χ2n) is 6.20. The van der Waals surface area contributed by atoms with E-state index >= 15 is 0 Å². The number of furan rings is 1. The maximum Gasteiger partial charge on any atom is 0.223 e. The third-order valence-electron chi connectivity index (χ3n) is 4.23. The second-order valence-corrected chi connectivity index (χ2v) is 6.20. The van der Waals surface area contributed by atoms with Crippen molar-refractivity contribution in [1.29, 1.82) is 0 Å². The number of hydrogen-bond acceptors (Lipinski definition) is 4. The monoisotopic (exact) mass is 302 g/mol. The van der Waals surface area contributed by atoms with E-state index < -0.39 is 0 Å². The van der Waals surface area contributed by atoms with Gasteiger partial charge in [-0.3, -0.25) is 9.69 Å². The Morgan fingerprint density at radius 3 is 3.00 bits per heavy atom. The summed E-state index contributed by atoms with van der Waals surface area (Å²) in [5, 5.41) is 9.72. The van der Waals surface area contributed by atoms with Gasteiger partial charge in [-0.1, -0.05) is 6.92 Å². The fourth-order valence-electron chi connectivity index (χ4n) is 3.12. The Labute approximate surface area is 129 Å². The molecule has 0 bridgehead atoms. The fraction of sp³-hybridized carbons (Fsp3) is 0.471. The number of rotatable bonds is 4. The van der Waals surface area contributed by atoms with E-state index in [0.29, 0.717) is 12.5 Å². The largest absolute Gasteiger partial charge is 0.503 e. The van der Waals surface area contributed by atoms with Gasteiger partial charge in [0.15, 0.2) is 5.75 Å². The highest BCUT2D eigenvalue weighted by atomic mass is 16.3. The van der Waals surface area contributed by atoms with Crippen molar-refractivity contribution in [3.05, 3.63) is 52.3 Å². The van der Waals surface area contributed by atoms with Crippen LogP contribution in [0.3, 0.4) is 0 Å². The summed E-state index contributed by atoms with van der Waals surface area (Å²) in [6.45, 7) is 5.61. The highest BCUT2D eigenvalue weighted by molar-refractivity contribution is 5.21. The topological polar surface area (TPSA) is 58.6 Å². The highest BCUT2D eigenvalue weighted by Crippen LogP contribution is 2.18. The quantitative estimate of drug-likeness (QED) is 0.942. The number of aromatic hydroxyl groups is 1. The van der Waals surface area contributed by atoms with E-state index in [2.05, 4.69) is 11.8 Å². The minimum atomic E-state index is -0.323. The molecule has 0 aromatic carbocycles. The molecule has 3 rings (SSSR count). The van der Waals surface area contributed by atoms with E-state index in [9.17, 15) is 9.90 Å². The molecule has 1 aliphatic rings. The SMILES string of the molecule is CC1CCCN(Cc2cc(=O)c(O)cn2Cc2ccco2)C1. The fourth-order valence-corrected chi connectivity index (χ4v) is 3.12. The van der Waals surface area contributed by atoms with Crippen LogP contribution in [0.15, 0.2) is 39.9 Å². The molecule has 2 aromatic heterocycles. The van der Waals surface area contributed by atoms with Crippen molar-refractivity contribution in [2.24, 2.45) is 5.92 Å². The lowest BCUT2D eigenvalue weighted by atomic mass is 10.0. The molecular weight excluding hydrogens is 280 g/mol. The molecule has 0 aliphatic carbocycles. The summed E-state index contributed by atoms with van der Waals surface area (Å²) in [6, 6.07) is 5.27. The minimum Gasteiger partial charge on any atom is -0.503 e. The first-order valence-electron chi connectivity index (χ1n) is 7.79. The van der Waals surface area contributed by atoms with Crippen LogP contribution in [0.1, 0.15) is 31.2 Å². The lowest BCUT2D eigenvalue weighted by Gasteiger charge is -2.31. The smallest absolute Gasteiger partial charge is 0.223 e. The predicted octanol–water partition coefficient (Wildman–Crippen LogP) is 2.43. The molecule has 0 saturated carbocycles. The zero-order chi connectivity index (χ0) is 15.5. The van der Waals surface area contributed by atoms with Gasteiger partial charge >= 0.3 is 0 Å². The van der Waals surface area contributed by atoms with Crippen molar-refractivity contribution < 1.29 is 9.52 Å². The van der Waals surface area contributed by atoms with Crippen LogP contribution in [0, 0.1) is 5.92 Å². The molecule has 1 saturated heterocycles. The first-order valence-corrected chi connectivity index (χ1v) is 7.79. The van der Waals surface area contributed by atoms with Crippen LogP contribution in [0.4, 0.5) is 0 Å². The van der Waals surface area contributed by atoms with Gasteiger partial charge in [-0.2, -0.15) is 0 Å². The molecule has 0 amide bonds. The van der Waals surface area contributed by atoms with Gasteiger partial charge in [0, 0.05) is 24.8 Å². The van der Waals surface area contributed by atoms with Gasteiger partial charge < -0.3 is 14.1 Å². The Morgan fingerprint density at radius 2 is 2.27 bits per heavy atom. The standard InChI is InChI=1S/C17H22N2O3/c1-13-4-2-6-18(9-13)10-14-8-16(20)17(21)12-19(14)11-15-5-3-7-22-15/h3,5,7-8,12-13,21H,2,4,6,9-11H2,1H3. The summed E-state index contributed by atoms with van der Waals surface area (Å²) >= 11 is 0. The molecule has 1 atom stereocenters. The molecule has 0 spiro atoms. The number of piperidine rings is 1. The summed E-state index contributed by atoms with van der Waals surface area (Å²) in [5.41, 5.74) is 0.587. The molecule has 1 aliphatic heterocycles. The van der Waals surface area contributed by atoms with Gasteiger partial charge in [-0.05, 0) is 37.4 Å². The normalized spacial score (nSPS) is 19.4. The summed E-state index contributed by atoms with van der Waals surface area (Å²) in [7, 11) is 0. The molecule has 118 valence electrons. The molecule has 1 N–H and O–H groups in total. The zero-order valence-electron chi connectivity index (χ0n) is 12.9. The average Bonchev–Trinajstić information content (AvgIpc) is 2.97. The number of likely N-dealkylation sites (tertiary alicyclic amines) is 1. The van der Waals surface area contributed by atoms with E-state index in [0.717, 1.165) is 31.1 Å². The molecule has 3 heterocycles. The number of aromatic nitrogens is 1. The van der Waals surface area contributed by atoms with Gasteiger partial charge in [0.05, 0.1) is 19.0 Å². The van der Waals surface area contributed by atoms with Gasteiger partial charge in [0.1, 0.15) is 5.76 Å². The Kier molecular flexibility index (Phi) is 4.34. The molecule has 5 heteroatoms. The van der Waals surface area contributed by atoms with E-state index in [4.69, 9.17) is 4.42 Å². The Balaban J connectivity index is 1.84. The van der Waals surface area contributed by atoms with Crippen LogP contribution >= 0.6 is 0 Å². The number of pyridine rings is 1. The van der Waals surface area contributed by atoms with Crippen LogP contribution in [-0.2, 0) is 13.1 Å². The highest BCUT2D eigenvalue weighted by Gasteiger charge is 2.18. The average molecular weight is 302 g/mol. The number of nitrogens with zero attached hydrogens (tertiary/aromatic N) is 2. The Bertz CT molecular complexity index is 676. The maximum atomic E-state index is 11.8. The van der Waals surface area contributed by atoms with Crippen molar-refractivity contribution in [2.45, 2.75) is 32.9 Å². The molecular formula is C17H22N2O3. The van der Waals surface area contributed by atoms with E-state index in [1.165, 1.54) is 25.1 Å². The lowest BCUT2D eigenvalue weighted by molar-refractivity contribution is 0.172. The van der Waals surface area contributed by atoms with Crippen molar-refractivity contribution in [3.8, 4) is 5.75 Å². The van der Waals surface area contributed by atoms with Gasteiger partial charge in [0.2, 0.25) is 5.43 Å². The lowest BCUT2D eigenvalue weighted by Crippen LogP contribution is -2.35. The molecule has 1 unspecified atom stereocenters. The first kappa shape index (κ1) is 14.9. The summed E-state index contributed by atoms with van der Waals surface area (Å²) in [6.07, 6.45) is 5.60. The van der Waals surface area contributed by atoms with Crippen LogP contribution in [0.2, 0.25) is 0 Å². The predicted molar refractivity (Wildman–Crippen MR) is 83.9 cm³/mol. The maximum absolute atomic E-state index is 11.8. The summed E-state index contributed by atoms with van der Waals surface area (Å²) in [5.74, 6) is 1.27. The van der Waals surface area contributed by atoms with Crippen molar-refractivity contribution in [1.82, 2.24) is 9.47 Å². The molecule has 2 aromatic rings. The van der Waals surface area contributed by atoms with Crippen LogP contribution < -0.4 is 5.43 Å². The van der Waals surface area contributed by atoms with Crippen molar-refractivity contribution in [3.63, 3.8) is 0 Å². The Morgan fingerprint density at radius 1 is 1.41 bits per heavy atom. The third kappa shape index (κ3) is 3.42. The minimum absolute atomic E-state index is 0.220. The second kappa shape index (κ2) is 6.40. The molecule has 5 nitrogen and oxygen atoms in total. The first-order chi connectivity index (χ1) is 10.6. The van der Waals surface area contributed by atoms with Crippen molar-refractivity contribution in [2.75, 3.05) is 13.1 Å². The molecule has 22 heavy (non-hydrogen) atoms. The Hall–Kier alpha value is -2.01. The van der Waals surface area contributed by atoms with Crippen LogP contribution in [0.5, 0.6) is 5.75 Å². The van der Waals surface area contributed by atoms with E-state index in [1.54, 1.807) is 6.26 Å². The van der Waals surface area contributed by atoms with Crippen LogP contribution in [-0.4, -0.2) is 27.7 Å². The molecule has 1 fully saturated rings. The van der Waals surface area contributed by atoms with Crippen LogP contribution in [0.25, 0.3) is 0 Å². The zero-order valence-corrected chi connectivity index (χ0v) is 12.9. The van der Waals surface area contributed by atoms with Gasteiger partial charge in [-0.15, -0.1) is 0 Å². The van der Waals surface area contributed by atoms with E-state index in [-0.39, 0.29) is 11.2 Å². The van der Waals surface area contributed by atoms with E-state index in [1.807, 2.05) is 16.7 Å². The van der Waals surface area contributed by atoms with Crippen molar-refractivity contribution >= 4 is 0 Å². The van der Waals surface area contributed by atoms with Gasteiger partial charge in [-0.25, -0.2) is 0 Å². The number of hydrogen-bond donors (Lipinski definition) is 1. The molecule has 0 radical (unpaired) electrons. The summed E-state index contributed by atoms with van der Waals surface area (Å²) in [4.78, 5) is 14.2. The summed E-state index contributed by atoms with van der Waals surface area (Å²) < 4.78 is 7.27. The third-order valence-corrected chi connectivity index (χ3v) is 4.23. The van der Waals surface area contributed by atoms with Gasteiger partial charge in [0.25, 0.3) is 0 Å².